The van der Waals surface area contributed by atoms with Crippen molar-refractivity contribution in [2.75, 3.05) is 19.8 Å². The first-order chi connectivity index (χ1) is 13.3. The Bertz CT molecular complexity index is 939. The van der Waals surface area contributed by atoms with Crippen LogP contribution in [-0.4, -0.2) is 44.7 Å². The van der Waals surface area contributed by atoms with Crippen molar-refractivity contribution in [3.63, 3.8) is 0 Å². The molecule has 9 heteroatoms. The molecule has 1 heterocycles. The van der Waals surface area contributed by atoms with Gasteiger partial charge in [0.15, 0.2) is 5.78 Å². The second-order valence-electron chi connectivity index (χ2n) is 6.41. The van der Waals surface area contributed by atoms with Gasteiger partial charge in [-0.25, -0.2) is 12.8 Å². The van der Waals surface area contributed by atoms with Crippen LogP contribution in [0.25, 0.3) is 0 Å². The van der Waals surface area contributed by atoms with Gasteiger partial charge in [-0.05, 0) is 49.2 Å². The van der Waals surface area contributed by atoms with Crippen molar-refractivity contribution in [3.8, 4) is 11.5 Å². The van der Waals surface area contributed by atoms with Crippen LogP contribution in [0.5, 0.6) is 11.5 Å². The molecule has 0 amide bonds. The number of carbonyl (C=O) groups excluding carboxylic acids is 1. The van der Waals surface area contributed by atoms with Gasteiger partial charge in [-0.1, -0.05) is 6.07 Å². The molecule has 7 nitrogen and oxygen atoms in total. The zero-order valence-corrected chi connectivity index (χ0v) is 15.7. The number of nitrogens with one attached hydrogen (secondary N) is 1. The predicted octanol–water partition coefficient (Wildman–Crippen LogP) is 2.01. The fraction of sp³-hybridized carbons (Fsp3) is 0.316. The summed E-state index contributed by atoms with van der Waals surface area (Å²) in [6.45, 7) is -0.347. The molecule has 0 spiro atoms. The molecule has 2 aromatic rings. The normalized spacial score (nSPS) is 16.5. The summed E-state index contributed by atoms with van der Waals surface area (Å²) in [7, 11) is -4.07. The first-order valence-corrected chi connectivity index (χ1v) is 10.1. The molecule has 1 saturated heterocycles. The van der Waals surface area contributed by atoms with Crippen molar-refractivity contribution >= 4 is 15.8 Å². The van der Waals surface area contributed by atoms with Crippen LogP contribution < -0.4 is 9.46 Å². The molecule has 1 fully saturated rings. The van der Waals surface area contributed by atoms with Crippen LogP contribution in [0.1, 0.15) is 12.8 Å². The standard InChI is InChI=1S/C19H20FNO6S/c20-14-4-6-15(7-5-14)27-16-2-1-3-17(12-16)28(24,25)21-19(18(23)13-22)8-10-26-11-9-19/h1-7,12,21-22H,8-11,13H2. The third-order valence-electron chi connectivity index (χ3n) is 4.52. The van der Waals surface area contributed by atoms with E-state index in [1.54, 1.807) is 6.07 Å². The first kappa shape index (κ1) is 20.4. The van der Waals surface area contributed by atoms with E-state index < -0.39 is 33.8 Å². The largest absolute Gasteiger partial charge is 0.457 e. The van der Waals surface area contributed by atoms with Crippen molar-refractivity contribution < 1.29 is 32.2 Å². The Morgan fingerprint density at radius 2 is 1.82 bits per heavy atom. The van der Waals surface area contributed by atoms with Crippen molar-refractivity contribution in [1.82, 2.24) is 4.72 Å². The number of sulfonamides is 1. The summed E-state index contributed by atoms with van der Waals surface area (Å²) >= 11 is 0. The van der Waals surface area contributed by atoms with Crippen LogP contribution in [0.2, 0.25) is 0 Å². The summed E-state index contributed by atoms with van der Waals surface area (Å²) in [6.07, 6.45) is 0.273. The zero-order valence-electron chi connectivity index (χ0n) is 14.9. The molecule has 0 aromatic heterocycles. The summed E-state index contributed by atoms with van der Waals surface area (Å²) < 4.78 is 52.0. The van der Waals surface area contributed by atoms with Gasteiger partial charge in [0.25, 0.3) is 0 Å². The molecule has 0 saturated carbocycles. The van der Waals surface area contributed by atoms with Crippen molar-refractivity contribution in [2.45, 2.75) is 23.3 Å². The Morgan fingerprint density at radius 3 is 2.46 bits per heavy atom. The van der Waals surface area contributed by atoms with E-state index in [9.17, 15) is 22.7 Å². The lowest BCUT2D eigenvalue weighted by molar-refractivity contribution is -0.131. The number of ether oxygens (including phenoxy) is 2. The number of hydrogen-bond acceptors (Lipinski definition) is 6. The van der Waals surface area contributed by atoms with Gasteiger partial charge in [0.05, 0.1) is 10.4 Å². The number of Topliss-reactive ketones (excluding diaryl/α,β-unsaturated/α-hetero) is 1. The van der Waals surface area contributed by atoms with E-state index in [4.69, 9.17) is 9.47 Å². The molecular formula is C19H20FNO6S. The molecule has 1 aliphatic heterocycles. The van der Waals surface area contributed by atoms with Crippen LogP contribution in [0.3, 0.4) is 0 Å². The molecule has 2 N–H and O–H groups in total. The lowest BCUT2D eigenvalue weighted by Gasteiger charge is -2.35. The highest BCUT2D eigenvalue weighted by molar-refractivity contribution is 7.89. The van der Waals surface area contributed by atoms with Crippen LogP contribution in [0.4, 0.5) is 4.39 Å². The number of benzene rings is 2. The van der Waals surface area contributed by atoms with Crippen molar-refractivity contribution in [3.05, 3.63) is 54.3 Å². The van der Waals surface area contributed by atoms with E-state index in [0.717, 1.165) is 0 Å². The average Bonchev–Trinajstić information content (AvgIpc) is 2.69. The molecule has 2 aromatic carbocycles. The molecule has 0 atom stereocenters. The fourth-order valence-electron chi connectivity index (χ4n) is 2.97. The maximum Gasteiger partial charge on any atom is 0.241 e. The molecule has 1 aliphatic rings. The Balaban J connectivity index is 1.84. The van der Waals surface area contributed by atoms with Gasteiger partial charge in [0.2, 0.25) is 10.0 Å². The summed E-state index contributed by atoms with van der Waals surface area (Å²) in [6, 6.07) is 11.0. The molecule has 0 bridgehead atoms. The first-order valence-electron chi connectivity index (χ1n) is 8.64. The third-order valence-corrected chi connectivity index (χ3v) is 6.05. The van der Waals surface area contributed by atoms with Crippen LogP contribution in [0.15, 0.2) is 53.4 Å². The fourth-order valence-corrected chi connectivity index (χ4v) is 4.45. The monoisotopic (exact) mass is 409 g/mol. The molecule has 28 heavy (non-hydrogen) atoms. The van der Waals surface area contributed by atoms with Crippen LogP contribution in [-0.2, 0) is 19.6 Å². The van der Waals surface area contributed by atoms with Crippen molar-refractivity contribution in [1.29, 1.82) is 0 Å². The second-order valence-corrected chi connectivity index (χ2v) is 8.09. The Morgan fingerprint density at radius 1 is 1.14 bits per heavy atom. The Kier molecular flexibility index (Phi) is 6.09. The Hall–Kier alpha value is -2.33. The van der Waals surface area contributed by atoms with E-state index in [-0.39, 0.29) is 36.7 Å². The van der Waals surface area contributed by atoms with Gasteiger partial charge >= 0.3 is 0 Å². The van der Waals surface area contributed by atoms with E-state index in [1.165, 1.54) is 42.5 Å². The average molecular weight is 409 g/mol. The van der Waals surface area contributed by atoms with E-state index in [1.807, 2.05) is 0 Å². The molecule has 3 rings (SSSR count). The third kappa shape index (κ3) is 4.56. The minimum Gasteiger partial charge on any atom is -0.457 e. The lowest BCUT2D eigenvalue weighted by Crippen LogP contribution is -2.58. The molecule has 150 valence electrons. The number of halogens is 1. The maximum absolute atomic E-state index is 13.0. The number of carbonyl (C=O) groups is 1. The minimum absolute atomic E-state index is 0.0938. The molecular weight excluding hydrogens is 389 g/mol. The zero-order chi connectivity index (χ0) is 20.2. The van der Waals surface area contributed by atoms with Gasteiger partial charge in [0, 0.05) is 19.3 Å². The maximum atomic E-state index is 13.0. The number of rotatable bonds is 7. The van der Waals surface area contributed by atoms with Gasteiger partial charge in [-0.3, -0.25) is 4.79 Å². The molecule has 0 aliphatic carbocycles. The quantitative estimate of drug-likeness (QED) is 0.725. The number of ketones is 1. The van der Waals surface area contributed by atoms with Crippen LogP contribution >= 0.6 is 0 Å². The van der Waals surface area contributed by atoms with Crippen molar-refractivity contribution in [2.24, 2.45) is 0 Å². The van der Waals surface area contributed by atoms with Gasteiger partial charge in [-0.2, -0.15) is 4.72 Å². The smallest absolute Gasteiger partial charge is 0.241 e. The van der Waals surface area contributed by atoms with E-state index in [2.05, 4.69) is 4.72 Å². The van der Waals surface area contributed by atoms with Gasteiger partial charge in [-0.15, -0.1) is 0 Å². The number of hydrogen-bond donors (Lipinski definition) is 2. The van der Waals surface area contributed by atoms with Gasteiger partial charge < -0.3 is 14.6 Å². The number of aliphatic hydroxyl groups excluding tert-OH is 1. The van der Waals surface area contributed by atoms with Crippen LogP contribution in [0, 0.1) is 5.82 Å². The summed E-state index contributed by atoms with van der Waals surface area (Å²) in [5, 5.41) is 9.28. The highest BCUT2D eigenvalue weighted by Gasteiger charge is 2.42. The molecule has 0 radical (unpaired) electrons. The summed E-state index contributed by atoms with van der Waals surface area (Å²) in [4.78, 5) is 12.2. The van der Waals surface area contributed by atoms with E-state index >= 15 is 0 Å². The highest BCUT2D eigenvalue weighted by Crippen LogP contribution is 2.28. The van der Waals surface area contributed by atoms with E-state index in [0.29, 0.717) is 5.75 Å². The lowest BCUT2D eigenvalue weighted by atomic mass is 9.87. The SMILES string of the molecule is O=C(CO)C1(NS(=O)(=O)c2cccc(Oc3ccc(F)cc3)c2)CCOCC1. The Labute approximate surface area is 162 Å². The topological polar surface area (TPSA) is 102 Å². The predicted molar refractivity (Wildman–Crippen MR) is 98.1 cm³/mol. The van der Waals surface area contributed by atoms with Gasteiger partial charge in [0.1, 0.15) is 23.9 Å². The second kappa shape index (κ2) is 8.36. The summed E-state index contributed by atoms with van der Waals surface area (Å²) in [5.74, 6) is -0.425. The minimum atomic E-state index is -4.07. The molecule has 0 unspecified atom stereocenters. The number of aliphatic hydroxyl groups is 1. The highest BCUT2D eigenvalue weighted by atomic mass is 32.2. The summed E-state index contributed by atoms with van der Waals surface area (Å²) in [5.41, 5.74) is -1.40.